The second-order valence-corrected chi connectivity index (χ2v) is 9.63. The molecule has 2 aromatic carbocycles. The summed E-state index contributed by atoms with van der Waals surface area (Å²) < 4.78 is 14.9. The van der Waals surface area contributed by atoms with Gasteiger partial charge in [0.2, 0.25) is 0 Å². The van der Waals surface area contributed by atoms with Gasteiger partial charge >= 0.3 is 5.97 Å². The van der Waals surface area contributed by atoms with E-state index in [4.69, 9.17) is 9.47 Å². The van der Waals surface area contributed by atoms with Crippen LogP contribution in [0.1, 0.15) is 31.0 Å². The summed E-state index contributed by atoms with van der Waals surface area (Å²) in [6.07, 6.45) is 5.78. The molecule has 2 aromatic heterocycles. The van der Waals surface area contributed by atoms with Crippen molar-refractivity contribution in [3.05, 3.63) is 109 Å². The highest BCUT2D eigenvalue weighted by Gasteiger charge is 2.33. The molecule has 0 saturated heterocycles. The Kier molecular flexibility index (Phi) is 6.67. The third-order valence-corrected chi connectivity index (χ3v) is 7.36. The summed E-state index contributed by atoms with van der Waals surface area (Å²) in [7, 11) is 1.60. The van der Waals surface area contributed by atoms with Crippen LogP contribution in [-0.4, -0.2) is 28.8 Å². The minimum atomic E-state index is -0.662. The van der Waals surface area contributed by atoms with Crippen molar-refractivity contribution >= 4 is 34.3 Å². The van der Waals surface area contributed by atoms with Gasteiger partial charge in [-0.05, 0) is 43.7 Å². The fraction of sp³-hybridized carbons (Fsp3) is 0.207. The standard InChI is InChI=1S/C29H27N3O4S/c1-5-15-31-17-20(22-9-7-8-10-23(22)31)16-24-27(33)32-26(19-11-13-21(35-4)14-12-19)25(28(34)36-6-2)18(3)30-29(32)37-24/h5,7-14,16-17,26H,1,6,15H2,2-4H3/b24-16-/t26-/m0/s1. The molecule has 0 bridgehead atoms. The van der Waals surface area contributed by atoms with Crippen LogP contribution in [0.5, 0.6) is 5.75 Å². The monoisotopic (exact) mass is 513 g/mol. The number of esters is 1. The van der Waals surface area contributed by atoms with Crippen molar-refractivity contribution in [3.63, 3.8) is 0 Å². The summed E-state index contributed by atoms with van der Waals surface area (Å²) in [5.74, 6) is 0.205. The number of methoxy groups -OCH3 is 1. The number of nitrogens with zero attached hydrogens (tertiary/aromatic N) is 3. The molecule has 0 saturated carbocycles. The number of ether oxygens (including phenoxy) is 2. The van der Waals surface area contributed by atoms with E-state index in [1.807, 2.05) is 60.8 Å². The molecule has 37 heavy (non-hydrogen) atoms. The van der Waals surface area contributed by atoms with Crippen molar-refractivity contribution in [1.82, 2.24) is 9.13 Å². The number of carbonyl (C=O) groups is 1. The van der Waals surface area contributed by atoms with Crippen molar-refractivity contribution in [3.8, 4) is 5.75 Å². The molecule has 0 N–H and O–H groups in total. The largest absolute Gasteiger partial charge is 0.497 e. The van der Waals surface area contributed by atoms with Gasteiger partial charge in [0.05, 0.1) is 35.6 Å². The van der Waals surface area contributed by atoms with E-state index in [0.29, 0.717) is 32.9 Å². The first-order chi connectivity index (χ1) is 18.0. The summed E-state index contributed by atoms with van der Waals surface area (Å²) in [6.45, 7) is 8.29. The Morgan fingerprint density at radius 3 is 2.65 bits per heavy atom. The van der Waals surface area contributed by atoms with E-state index in [-0.39, 0.29) is 12.2 Å². The SMILES string of the molecule is C=CCn1cc(/C=c2\sc3n(c2=O)[C@@H](c2ccc(OC)cc2)C(C(=O)OCC)=C(C)N=3)c2ccccc21. The molecule has 8 heteroatoms. The van der Waals surface area contributed by atoms with E-state index in [0.717, 1.165) is 22.0 Å². The molecular weight excluding hydrogens is 486 g/mol. The zero-order valence-electron chi connectivity index (χ0n) is 20.9. The van der Waals surface area contributed by atoms with Gasteiger partial charge in [-0.3, -0.25) is 9.36 Å². The number of fused-ring (bicyclic) bond motifs is 2. The van der Waals surface area contributed by atoms with Crippen molar-refractivity contribution in [1.29, 1.82) is 0 Å². The summed E-state index contributed by atoms with van der Waals surface area (Å²) in [4.78, 5) is 32.1. The quantitative estimate of drug-likeness (QED) is 0.277. The molecule has 0 fully saturated rings. The zero-order valence-corrected chi connectivity index (χ0v) is 21.7. The summed E-state index contributed by atoms with van der Waals surface area (Å²) in [6, 6.07) is 14.8. The van der Waals surface area contributed by atoms with Crippen LogP contribution in [0.3, 0.4) is 0 Å². The van der Waals surface area contributed by atoms with Crippen LogP contribution >= 0.6 is 11.3 Å². The molecule has 0 aliphatic carbocycles. The number of para-hydroxylation sites is 1. The molecule has 0 amide bonds. The van der Waals surface area contributed by atoms with Gasteiger partial charge in [0.25, 0.3) is 5.56 Å². The second kappa shape index (κ2) is 10.1. The molecule has 7 nitrogen and oxygen atoms in total. The van der Waals surface area contributed by atoms with Gasteiger partial charge in [-0.1, -0.05) is 47.7 Å². The van der Waals surface area contributed by atoms with Crippen molar-refractivity contribution in [2.75, 3.05) is 13.7 Å². The molecule has 0 unspecified atom stereocenters. The number of carbonyl (C=O) groups excluding carboxylic acids is 1. The van der Waals surface area contributed by atoms with Crippen LogP contribution in [0.25, 0.3) is 17.0 Å². The summed E-state index contributed by atoms with van der Waals surface area (Å²) in [5, 5.41) is 1.05. The number of allylic oxidation sites excluding steroid dienone is 2. The Bertz CT molecular complexity index is 1720. The zero-order chi connectivity index (χ0) is 26.1. The molecule has 0 spiro atoms. The number of rotatable bonds is 7. The number of hydrogen-bond acceptors (Lipinski definition) is 6. The Morgan fingerprint density at radius 1 is 1.19 bits per heavy atom. The number of thiazole rings is 1. The fourth-order valence-electron chi connectivity index (χ4n) is 4.71. The van der Waals surface area contributed by atoms with E-state index < -0.39 is 12.0 Å². The van der Waals surface area contributed by atoms with E-state index in [1.165, 1.54) is 11.3 Å². The second-order valence-electron chi connectivity index (χ2n) is 8.62. The minimum absolute atomic E-state index is 0.209. The smallest absolute Gasteiger partial charge is 0.338 e. The number of hydrogen-bond donors (Lipinski definition) is 0. The minimum Gasteiger partial charge on any atom is -0.497 e. The molecule has 0 radical (unpaired) electrons. The van der Waals surface area contributed by atoms with Crippen LogP contribution in [-0.2, 0) is 16.1 Å². The average Bonchev–Trinajstić information content (AvgIpc) is 3.40. The third kappa shape index (κ3) is 4.34. The molecule has 3 heterocycles. The lowest BCUT2D eigenvalue weighted by Crippen LogP contribution is -2.39. The third-order valence-electron chi connectivity index (χ3n) is 6.38. The van der Waals surface area contributed by atoms with Crippen LogP contribution in [0.2, 0.25) is 0 Å². The first-order valence-electron chi connectivity index (χ1n) is 12.0. The predicted molar refractivity (Wildman–Crippen MR) is 146 cm³/mol. The molecule has 4 aromatic rings. The maximum absolute atomic E-state index is 13.9. The van der Waals surface area contributed by atoms with E-state index >= 15 is 0 Å². The molecule has 1 aliphatic rings. The van der Waals surface area contributed by atoms with Crippen LogP contribution < -0.4 is 19.6 Å². The van der Waals surface area contributed by atoms with Gasteiger partial charge in [0, 0.05) is 29.2 Å². The Labute approximate surface area is 217 Å². The lowest BCUT2D eigenvalue weighted by molar-refractivity contribution is -0.139. The van der Waals surface area contributed by atoms with Gasteiger partial charge < -0.3 is 14.0 Å². The van der Waals surface area contributed by atoms with E-state index in [1.54, 1.807) is 25.5 Å². The summed E-state index contributed by atoms with van der Waals surface area (Å²) in [5.41, 5.74) is 3.46. The van der Waals surface area contributed by atoms with Crippen molar-refractivity contribution < 1.29 is 14.3 Å². The van der Waals surface area contributed by atoms with Gasteiger partial charge in [0.1, 0.15) is 5.75 Å². The molecule has 5 rings (SSSR count). The highest BCUT2D eigenvalue weighted by Crippen LogP contribution is 2.31. The Morgan fingerprint density at radius 2 is 1.95 bits per heavy atom. The van der Waals surface area contributed by atoms with Crippen LogP contribution in [0, 0.1) is 0 Å². The molecule has 1 atom stereocenters. The van der Waals surface area contributed by atoms with Gasteiger partial charge in [0.15, 0.2) is 4.80 Å². The Hall–Kier alpha value is -4.17. The van der Waals surface area contributed by atoms with Gasteiger partial charge in [-0.25, -0.2) is 9.79 Å². The highest BCUT2D eigenvalue weighted by molar-refractivity contribution is 7.07. The molecular formula is C29H27N3O4S. The van der Waals surface area contributed by atoms with Crippen LogP contribution in [0.15, 0.2) is 88.4 Å². The predicted octanol–water partition coefficient (Wildman–Crippen LogP) is 3.95. The maximum Gasteiger partial charge on any atom is 0.338 e. The van der Waals surface area contributed by atoms with Crippen molar-refractivity contribution in [2.24, 2.45) is 4.99 Å². The first kappa shape index (κ1) is 24.5. The first-order valence-corrected chi connectivity index (χ1v) is 12.8. The maximum atomic E-state index is 13.9. The topological polar surface area (TPSA) is 74.8 Å². The summed E-state index contributed by atoms with van der Waals surface area (Å²) >= 11 is 1.31. The van der Waals surface area contributed by atoms with E-state index in [9.17, 15) is 9.59 Å². The number of aromatic nitrogens is 2. The van der Waals surface area contributed by atoms with E-state index in [2.05, 4.69) is 22.2 Å². The lowest BCUT2D eigenvalue weighted by atomic mass is 9.96. The molecule has 1 aliphatic heterocycles. The average molecular weight is 514 g/mol. The fourth-order valence-corrected chi connectivity index (χ4v) is 5.75. The van der Waals surface area contributed by atoms with Gasteiger partial charge in [-0.15, -0.1) is 6.58 Å². The highest BCUT2D eigenvalue weighted by atomic mass is 32.1. The molecule has 188 valence electrons. The van der Waals surface area contributed by atoms with Gasteiger partial charge in [-0.2, -0.15) is 0 Å². The number of benzene rings is 2. The lowest BCUT2D eigenvalue weighted by Gasteiger charge is -2.24. The Balaban J connectivity index is 1.73. The normalized spacial score (nSPS) is 15.4. The van der Waals surface area contributed by atoms with Crippen molar-refractivity contribution in [2.45, 2.75) is 26.4 Å². The van der Waals surface area contributed by atoms with Crippen LogP contribution in [0.4, 0.5) is 0 Å².